The SMILES string of the molecule is COc1ccccc1-c1nn(CNc2ccc(C)cc2)c(=S)o1. The average Bonchev–Trinajstić information content (AvgIpc) is 2.95. The predicted octanol–water partition coefficient (Wildman–Crippen LogP) is 4.26. The molecule has 0 saturated carbocycles. The van der Waals surface area contributed by atoms with Crippen molar-refractivity contribution in [3.8, 4) is 17.2 Å². The van der Waals surface area contributed by atoms with Gasteiger partial charge < -0.3 is 14.5 Å². The van der Waals surface area contributed by atoms with Crippen LogP contribution in [0.5, 0.6) is 5.75 Å². The van der Waals surface area contributed by atoms with E-state index in [9.17, 15) is 0 Å². The molecule has 0 bridgehead atoms. The molecule has 0 atom stereocenters. The zero-order chi connectivity index (χ0) is 16.2. The van der Waals surface area contributed by atoms with Gasteiger partial charge in [-0.1, -0.05) is 29.8 Å². The number of para-hydroxylation sites is 1. The molecule has 0 fully saturated rings. The third-order valence-electron chi connectivity index (χ3n) is 3.43. The van der Waals surface area contributed by atoms with E-state index in [0.29, 0.717) is 23.1 Å². The Bertz CT molecular complexity index is 853. The average molecular weight is 327 g/mol. The summed E-state index contributed by atoms with van der Waals surface area (Å²) in [6.45, 7) is 2.48. The number of ether oxygens (including phenoxy) is 1. The topological polar surface area (TPSA) is 52.2 Å². The molecule has 0 saturated heterocycles. The van der Waals surface area contributed by atoms with Crippen LogP contribution < -0.4 is 10.1 Å². The summed E-state index contributed by atoms with van der Waals surface area (Å²) in [4.78, 5) is 0.311. The Labute approximate surface area is 139 Å². The first-order valence-corrected chi connectivity index (χ1v) is 7.60. The molecule has 2 aromatic carbocycles. The molecule has 1 N–H and O–H groups in total. The van der Waals surface area contributed by atoms with Crippen LogP contribution in [0.15, 0.2) is 52.9 Å². The molecule has 0 aliphatic rings. The number of rotatable bonds is 5. The molecule has 1 heterocycles. The van der Waals surface area contributed by atoms with Crippen molar-refractivity contribution in [1.82, 2.24) is 9.78 Å². The van der Waals surface area contributed by atoms with Crippen LogP contribution in [0.3, 0.4) is 0 Å². The Kier molecular flexibility index (Phi) is 4.43. The molecular weight excluding hydrogens is 310 g/mol. The first-order valence-electron chi connectivity index (χ1n) is 7.19. The second kappa shape index (κ2) is 6.66. The summed E-state index contributed by atoms with van der Waals surface area (Å²) in [6.07, 6.45) is 0. The van der Waals surface area contributed by atoms with Crippen LogP contribution in [0.1, 0.15) is 5.56 Å². The van der Waals surface area contributed by atoms with Gasteiger partial charge in [0.15, 0.2) is 0 Å². The van der Waals surface area contributed by atoms with Crippen molar-refractivity contribution in [1.29, 1.82) is 0 Å². The van der Waals surface area contributed by atoms with Crippen LogP contribution in [0, 0.1) is 11.8 Å². The Morgan fingerprint density at radius 2 is 1.91 bits per heavy atom. The van der Waals surface area contributed by atoms with E-state index < -0.39 is 0 Å². The third kappa shape index (κ3) is 3.43. The van der Waals surface area contributed by atoms with Crippen LogP contribution in [-0.4, -0.2) is 16.9 Å². The predicted molar refractivity (Wildman–Crippen MR) is 92.1 cm³/mol. The number of benzene rings is 2. The van der Waals surface area contributed by atoms with Gasteiger partial charge in [-0.25, -0.2) is 4.68 Å². The minimum absolute atomic E-state index is 0.311. The fourth-order valence-corrected chi connectivity index (χ4v) is 2.36. The third-order valence-corrected chi connectivity index (χ3v) is 3.72. The van der Waals surface area contributed by atoms with E-state index >= 15 is 0 Å². The van der Waals surface area contributed by atoms with Gasteiger partial charge in [-0.2, -0.15) is 0 Å². The van der Waals surface area contributed by atoms with Gasteiger partial charge >= 0.3 is 0 Å². The summed E-state index contributed by atoms with van der Waals surface area (Å²) in [5.41, 5.74) is 2.99. The fraction of sp³-hybridized carbons (Fsp3) is 0.176. The number of aryl methyl sites for hydroxylation is 1. The van der Waals surface area contributed by atoms with Gasteiger partial charge in [0.1, 0.15) is 12.4 Å². The number of nitrogens with zero attached hydrogens (tertiary/aromatic N) is 2. The zero-order valence-corrected chi connectivity index (χ0v) is 13.8. The van der Waals surface area contributed by atoms with Crippen LogP contribution in [-0.2, 0) is 6.67 Å². The molecule has 0 radical (unpaired) electrons. The number of aromatic nitrogens is 2. The lowest BCUT2D eigenvalue weighted by molar-refractivity contribution is 0.414. The van der Waals surface area contributed by atoms with Crippen molar-refractivity contribution >= 4 is 17.9 Å². The highest BCUT2D eigenvalue weighted by molar-refractivity contribution is 7.71. The highest BCUT2D eigenvalue weighted by atomic mass is 32.1. The van der Waals surface area contributed by atoms with Gasteiger partial charge in [-0.15, -0.1) is 5.10 Å². The maximum absolute atomic E-state index is 5.60. The Morgan fingerprint density at radius 3 is 2.65 bits per heavy atom. The molecule has 118 valence electrons. The minimum atomic E-state index is 0.311. The van der Waals surface area contributed by atoms with Crippen LogP contribution >= 0.6 is 12.2 Å². The van der Waals surface area contributed by atoms with Gasteiger partial charge in [0, 0.05) is 5.69 Å². The minimum Gasteiger partial charge on any atom is -0.496 e. The van der Waals surface area contributed by atoms with Crippen LogP contribution in [0.2, 0.25) is 0 Å². The molecule has 6 heteroatoms. The van der Waals surface area contributed by atoms with Crippen molar-refractivity contribution in [2.75, 3.05) is 12.4 Å². The number of hydrogen-bond acceptors (Lipinski definition) is 5. The lowest BCUT2D eigenvalue weighted by Crippen LogP contribution is -2.09. The molecule has 1 aromatic heterocycles. The summed E-state index contributed by atoms with van der Waals surface area (Å²) in [6, 6.07) is 15.7. The van der Waals surface area contributed by atoms with Crippen molar-refractivity contribution in [2.45, 2.75) is 13.6 Å². The normalized spacial score (nSPS) is 10.5. The highest BCUT2D eigenvalue weighted by Crippen LogP contribution is 2.28. The molecule has 3 aromatic rings. The maximum Gasteiger partial charge on any atom is 0.289 e. The number of methoxy groups -OCH3 is 1. The molecule has 0 spiro atoms. The van der Waals surface area contributed by atoms with Crippen LogP contribution in [0.4, 0.5) is 5.69 Å². The molecule has 0 unspecified atom stereocenters. The Balaban J connectivity index is 1.81. The van der Waals surface area contributed by atoms with E-state index in [4.69, 9.17) is 21.4 Å². The van der Waals surface area contributed by atoms with E-state index in [1.54, 1.807) is 11.8 Å². The van der Waals surface area contributed by atoms with E-state index in [1.165, 1.54) is 5.56 Å². The molecule has 3 rings (SSSR count). The van der Waals surface area contributed by atoms with E-state index in [-0.39, 0.29) is 0 Å². The molecule has 0 aliphatic heterocycles. The molecule has 0 amide bonds. The van der Waals surface area contributed by atoms with Crippen molar-refractivity contribution in [2.24, 2.45) is 0 Å². The summed E-state index contributed by atoms with van der Waals surface area (Å²) in [7, 11) is 1.61. The van der Waals surface area contributed by atoms with Gasteiger partial charge in [-0.05, 0) is 43.4 Å². The monoisotopic (exact) mass is 327 g/mol. The standard InChI is InChI=1S/C17H17N3O2S/c1-12-7-9-13(10-8-12)18-11-20-17(23)22-16(19-20)14-5-3-4-6-15(14)21-2/h3-10,18H,11H2,1-2H3. The zero-order valence-electron chi connectivity index (χ0n) is 12.9. The summed E-state index contributed by atoms with van der Waals surface area (Å²) in [5.74, 6) is 1.14. The van der Waals surface area contributed by atoms with Crippen molar-refractivity contribution < 1.29 is 9.15 Å². The lowest BCUT2D eigenvalue weighted by Gasteiger charge is -2.06. The Hall–Kier alpha value is -2.60. The molecule has 23 heavy (non-hydrogen) atoms. The van der Waals surface area contributed by atoms with E-state index in [1.807, 2.05) is 48.5 Å². The largest absolute Gasteiger partial charge is 0.496 e. The number of hydrogen-bond donors (Lipinski definition) is 1. The van der Waals surface area contributed by atoms with Gasteiger partial charge in [0.25, 0.3) is 10.7 Å². The lowest BCUT2D eigenvalue weighted by atomic mass is 10.2. The van der Waals surface area contributed by atoms with Crippen molar-refractivity contribution in [3.05, 3.63) is 58.9 Å². The maximum atomic E-state index is 5.60. The first kappa shape index (κ1) is 15.3. The highest BCUT2D eigenvalue weighted by Gasteiger charge is 2.12. The van der Waals surface area contributed by atoms with E-state index in [2.05, 4.69) is 17.3 Å². The Morgan fingerprint density at radius 1 is 1.17 bits per heavy atom. The fourth-order valence-electron chi connectivity index (χ4n) is 2.17. The number of anilines is 1. The smallest absolute Gasteiger partial charge is 0.289 e. The van der Waals surface area contributed by atoms with E-state index in [0.717, 1.165) is 11.3 Å². The molecule has 5 nitrogen and oxygen atoms in total. The second-order valence-electron chi connectivity index (χ2n) is 5.07. The van der Waals surface area contributed by atoms with Gasteiger partial charge in [0.05, 0.1) is 12.7 Å². The van der Waals surface area contributed by atoms with Gasteiger partial charge in [0.2, 0.25) is 0 Å². The molecule has 0 aliphatic carbocycles. The van der Waals surface area contributed by atoms with Gasteiger partial charge in [-0.3, -0.25) is 0 Å². The van der Waals surface area contributed by atoms with Crippen LogP contribution in [0.25, 0.3) is 11.5 Å². The quantitative estimate of drug-likeness (QED) is 0.710. The number of nitrogens with one attached hydrogen (secondary N) is 1. The summed E-state index contributed by atoms with van der Waals surface area (Å²) >= 11 is 5.24. The summed E-state index contributed by atoms with van der Waals surface area (Å²) < 4.78 is 12.5. The second-order valence-corrected chi connectivity index (χ2v) is 5.42. The molecular formula is C17H17N3O2S. The van der Waals surface area contributed by atoms with Crippen molar-refractivity contribution in [3.63, 3.8) is 0 Å². The first-order chi connectivity index (χ1) is 11.2. The summed E-state index contributed by atoms with van der Waals surface area (Å²) in [5, 5.41) is 7.69.